The highest BCUT2D eigenvalue weighted by Crippen LogP contribution is 2.39. The second kappa shape index (κ2) is 9.30. The monoisotopic (exact) mass is 465 g/mol. The minimum absolute atomic E-state index is 0.00155. The molecule has 0 fully saturated rings. The number of carbonyl (C=O) groups is 1. The van der Waals surface area contributed by atoms with Gasteiger partial charge in [0, 0.05) is 5.02 Å². The number of ether oxygens (including phenoxy) is 1. The molecule has 4 nitrogen and oxygen atoms in total. The zero-order valence-electron chi connectivity index (χ0n) is 19.6. The van der Waals surface area contributed by atoms with E-state index in [0.29, 0.717) is 22.8 Å². The van der Waals surface area contributed by atoms with Gasteiger partial charge >= 0.3 is 0 Å². The first kappa shape index (κ1) is 25.4. The first-order chi connectivity index (χ1) is 14.2. The molecular weight excluding hydrogens is 433 g/mol. The topological polar surface area (TPSA) is 58.6 Å². The maximum atomic E-state index is 13.0. The largest absolute Gasteiger partial charge is 0.504 e. The summed E-state index contributed by atoms with van der Waals surface area (Å²) in [5.41, 5.74) is 2.79. The van der Waals surface area contributed by atoms with E-state index in [4.69, 9.17) is 27.9 Å². The summed E-state index contributed by atoms with van der Waals surface area (Å²) >= 11 is 12.3. The third-order valence-electron chi connectivity index (χ3n) is 5.27. The van der Waals surface area contributed by atoms with E-state index < -0.39 is 6.10 Å². The smallest absolute Gasteiger partial charge is 0.265 e. The number of phenolic OH excluding ortho intramolecular Hbond substituents is 1. The van der Waals surface area contributed by atoms with E-state index in [1.54, 1.807) is 6.92 Å². The lowest BCUT2D eigenvalue weighted by atomic mass is 9.80. The van der Waals surface area contributed by atoms with Crippen LogP contribution in [0.25, 0.3) is 0 Å². The third-order valence-corrected chi connectivity index (χ3v) is 6.12. The van der Waals surface area contributed by atoms with E-state index in [0.717, 1.165) is 5.56 Å². The number of phenols is 1. The van der Waals surface area contributed by atoms with Gasteiger partial charge in [-0.3, -0.25) is 4.79 Å². The number of halogens is 2. The van der Waals surface area contributed by atoms with Crippen LogP contribution in [0.15, 0.2) is 24.3 Å². The molecule has 0 spiro atoms. The predicted molar refractivity (Wildman–Crippen MR) is 130 cm³/mol. The number of aromatic hydroxyl groups is 1. The highest BCUT2D eigenvalue weighted by atomic mass is 35.5. The van der Waals surface area contributed by atoms with Gasteiger partial charge in [-0.05, 0) is 53.0 Å². The Kier molecular flexibility index (Phi) is 7.60. The van der Waals surface area contributed by atoms with Crippen molar-refractivity contribution >= 4 is 34.8 Å². The molecular formula is C25H33Cl2NO3. The molecule has 0 aliphatic carbocycles. The molecule has 2 aromatic rings. The fourth-order valence-electron chi connectivity index (χ4n) is 3.17. The summed E-state index contributed by atoms with van der Waals surface area (Å²) in [5, 5.41) is 13.5. The number of amides is 1. The highest BCUT2D eigenvalue weighted by Gasteiger charge is 2.27. The van der Waals surface area contributed by atoms with Crippen LogP contribution in [0.5, 0.6) is 11.5 Å². The van der Waals surface area contributed by atoms with Crippen molar-refractivity contribution < 1.29 is 14.6 Å². The van der Waals surface area contributed by atoms with Crippen LogP contribution in [0.4, 0.5) is 5.69 Å². The SMILES string of the molecule is CCC(Oc1ccc(C(C)(C)C)cc1C(C)(C)C)C(=O)Nc1cc(Cl)c(C)c(Cl)c1O. The van der Waals surface area contributed by atoms with Crippen LogP contribution in [0.1, 0.15) is 71.6 Å². The van der Waals surface area contributed by atoms with Crippen molar-refractivity contribution in [2.24, 2.45) is 0 Å². The normalized spacial score (nSPS) is 13.1. The summed E-state index contributed by atoms with van der Waals surface area (Å²) in [6.45, 7) is 16.4. The Morgan fingerprint density at radius 1 is 1.10 bits per heavy atom. The second-order valence-electron chi connectivity index (χ2n) is 9.91. The third kappa shape index (κ3) is 5.87. The van der Waals surface area contributed by atoms with Crippen molar-refractivity contribution in [3.63, 3.8) is 0 Å². The average molecular weight is 466 g/mol. The average Bonchev–Trinajstić information content (AvgIpc) is 2.66. The minimum Gasteiger partial charge on any atom is -0.504 e. The summed E-state index contributed by atoms with van der Waals surface area (Å²) in [6.07, 6.45) is -0.301. The summed E-state index contributed by atoms with van der Waals surface area (Å²) in [6, 6.07) is 7.63. The fraction of sp³-hybridized carbons (Fsp3) is 0.480. The van der Waals surface area contributed by atoms with E-state index in [-0.39, 0.29) is 33.2 Å². The first-order valence-electron chi connectivity index (χ1n) is 10.5. The maximum Gasteiger partial charge on any atom is 0.265 e. The minimum atomic E-state index is -0.750. The molecule has 0 saturated heterocycles. The molecule has 2 rings (SSSR count). The lowest BCUT2D eigenvalue weighted by Crippen LogP contribution is -2.33. The Morgan fingerprint density at radius 3 is 2.23 bits per heavy atom. The van der Waals surface area contributed by atoms with E-state index in [1.807, 2.05) is 19.1 Å². The molecule has 0 aliphatic heterocycles. The quantitative estimate of drug-likeness (QED) is 0.452. The molecule has 2 aromatic carbocycles. The molecule has 0 radical (unpaired) electrons. The van der Waals surface area contributed by atoms with E-state index in [1.165, 1.54) is 11.6 Å². The number of hydrogen-bond acceptors (Lipinski definition) is 3. The lowest BCUT2D eigenvalue weighted by molar-refractivity contribution is -0.122. The van der Waals surface area contributed by atoms with Crippen molar-refractivity contribution in [1.29, 1.82) is 0 Å². The second-order valence-corrected chi connectivity index (χ2v) is 10.7. The molecule has 1 unspecified atom stereocenters. The van der Waals surface area contributed by atoms with Gasteiger partial charge in [0.05, 0.1) is 10.7 Å². The number of nitrogens with one attached hydrogen (secondary N) is 1. The Morgan fingerprint density at radius 2 is 1.71 bits per heavy atom. The summed E-state index contributed by atoms with van der Waals surface area (Å²) in [7, 11) is 0. The lowest BCUT2D eigenvalue weighted by Gasteiger charge is -2.28. The first-order valence-corrected chi connectivity index (χ1v) is 11.2. The molecule has 1 atom stereocenters. The number of anilines is 1. The van der Waals surface area contributed by atoms with Crippen molar-refractivity contribution in [2.75, 3.05) is 5.32 Å². The van der Waals surface area contributed by atoms with Crippen LogP contribution >= 0.6 is 23.2 Å². The molecule has 0 aliphatic rings. The zero-order chi connectivity index (χ0) is 23.7. The van der Waals surface area contributed by atoms with E-state index >= 15 is 0 Å². The van der Waals surface area contributed by atoms with Gasteiger partial charge in [-0.1, -0.05) is 83.8 Å². The number of carbonyl (C=O) groups excluding carboxylic acids is 1. The van der Waals surface area contributed by atoms with Crippen molar-refractivity contribution in [3.05, 3.63) is 51.0 Å². The summed E-state index contributed by atoms with van der Waals surface area (Å²) in [4.78, 5) is 13.0. The van der Waals surface area contributed by atoms with Crippen molar-refractivity contribution in [2.45, 2.75) is 78.7 Å². The van der Waals surface area contributed by atoms with Gasteiger partial charge in [0.1, 0.15) is 5.75 Å². The molecule has 0 aromatic heterocycles. The highest BCUT2D eigenvalue weighted by molar-refractivity contribution is 6.37. The van der Waals surface area contributed by atoms with Crippen LogP contribution in [-0.4, -0.2) is 17.1 Å². The Hall–Kier alpha value is -1.91. The molecule has 0 bridgehead atoms. The van der Waals surface area contributed by atoms with Crippen molar-refractivity contribution in [3.8, 4) is 11.5 Å². The van der Waals surface area contributed by atoms with Crippen molar-refractivity contribution in [1.82, 2.24) is 0 Å². The molecule has 170 valence electrons. The van der Waals surface area contributed by atoms with Crippen LogP contribution in [0.3, 0.4) is 0 Å². The molecule has 31 heavy (non-hydrogen) atoms. The predicted octanol–water partition coefficient (Wildman–Crippen LogP) is 7.40. The summed E-state index contributed by atoms with van der Waals surface area (Å²) < 4.78 is 6.19. The van der Waals surface area contributed by atoms with Gasteiger partial charge in [0.25, 0.3) is 5.91 Å². The standard InChI is InChI=1S/C25H33Cl2NO3/c1-9-19(23(30)28-18-13-17(26)14(2)21(27)22(18)29)31-20-11-10-15(24(3,4)5)12-16(20)25(6,7)8/h10-13,19,29H,9H2,1-8H3,(H,28,30). The van der Waals surface area contributed by atoms with Gasteiger partial charge in [0.15, 0.2) is 11.9 Å². The van der Waals surface area contributed by atoms with Gasteiger partial charge in [0.2, 0.25) is 0 Å². The number of hydrogen-bond donors (Lipinski definition) is 2. The number of rotatable bonds is 5. The van der Waals surface area contributed by atoms with Crippen LogP contribution < -0.4 is 10.1 Å². The van der Waals surface area contributed by atoms with E-state index in [2.05, 4.69) is 52.9 Å². The van der Waals surface area contributed by atoms with Gasteiger partial charge in [-0.2, -0.15) is 0 Å². The fourth-order valence-corrected chi connectivity index (χ4v) is 3.63. The zero-order valence-corrected chi connectivity index (χ0v) is 21.1. The molecule has 1 amide bonds. The van der Waals surface area contributed by atoms with Gasteiger partial charge < -0.3 is 15.2 Å². The molecule has 0 saturated carbocycles. The van der Waals surface area contributed by atoms with Crippen LogP contribution in [0, 0.1) is 6.92 Å². The molecule has 0 heterocycles. The Balaban J connectivity index is 2.36. The molecule has 6 heteroatoms. The Labute approximate surface area is 195 Å². The Bertz CT molecular complexity index is 972. The van der Waals surface area contributed by atoms with E-state index in [9.17, 15) is 9.90 Å². The van der Waals surface area contributed by atoms with Crippen LogP contribution in [0.2, 0.25) is 10.0 Å². The number of benzene rings is 2. The van der Waals surface area contributed by atoms with Gasteiger partial charge in [-0.25, -0.2) is 0 Å². The summed E-state index contributed by atoms with van der Waals surface area (Å²) in [5.74, 6) is 0.0805. The maximum absolute atomic E-state index is 13.0. The van der Waals surface area contributed by atoms with Crippen LogP contribution in [-0.2, 0) is 15.6 Å². The molecule has 2 N–H and O–H groups in total. The van der Waals surface area contributed by atoms with Gasteiger partial charge in [-0.15, -0.1) is 0 Å².